The Hall–Kier alpha value is -10.0. The van der Waals surface area contributed by atoms with E-state index in [2.05, 4.69) is 72.6 Å². The summed E-state index contributed by atoms with van der Waals surface area (Å²) in [5, 5.41) is 46.1. The number of alkyl halides is 6. The molecule has 0 spiro atoms. The van der Waals surface area contributed by atoms with Crippen molar-refractivity contribution in [2.24, 2.45) is 0 Å². The van der Waals surface area contributed by atoms with E-state index in [1.807, 2.05) is 38.1 Å². The summed E-state index contributed by atoms with van der Waals surface area (Å²) in [4.78, 5) is 136. The van der Waals surface area contributed by atoms with Gasteiger partial charge in [0, 0.05) is 90.2 Å². The number of hydrogen-bond donors (Lipinski definition) is 12. The molecule has 2 aromatic heterocycles. The molecular formula is C70H96F6N12O20. The van der Waals surface area contributed by atoms with E-state index in [1.165, 1.54) is 24.3 Å². The molecule has 2 aromatic carbocycles. The molecule has 4 rings (SSSR count). The first-order valence-corrected chi connectivity index (χ1v) is 34.8. The average molecular weight is 1540 g/mol. The molecule has 0 aliphatic carbocycles. The van der Waals surface area contributed by atoms with Crippen molar-refractivity contribution >= 4 is 70.8 Å². The van der Waals surface area contributed by atoms with E-state index in [0.29, 0.717) is 37.6 Å². The van der Waals surface area contributed by atoms with Crippen LogP contribution >= 0.6 is 0 Å². The Balaban J connectivity index is 0.995. The maximum absolute atomic E-state index is 13.7. The van der Waals surface area contributed by atoms with Gasteiger partial charge in [0.2, 0.25) is 47.3 Å². The lowest BCUT2D eigenvalue weighted by molar-refractivity contribution is -0.275. The predicted molar refractivity (Wildman–Crippen MR) is 374 cm³/mol. The van der Waals surface area contributed by atoms with E-state index in [-0.39, 0.29) is 180 Å². The lowest BCUT2D eigenvalue weighted by atomic mass is 10.0. The number of rotatable bonds is 57. The van der Waals surface area contributed by atoms with Crippen molar-refractivity contribution < 1.29 is 122 Å². The van der Waals surface area contributed by atoms with Gasteiger partial charge in [0.1, 0.15) is 35.2 Å². The third-order valence-electron chi connectivity index (χ3n) is 14.9. The maximum atomic E-state index is 13.7. The van der Waals surface area contributed by atoms with Crippen LogP contribution in [0.1, 0.15) is 111 Å². The first kappa shape index (κ1) is 90.4. The van der Waals surface area contributed by atoms with Gasteiger partial charge >= 0.3 is 24.7 Å². The Morgan fingerprint density at radius 1 is 0.398 bits per heavy atom. The van der Waals surface area contributed by atoms with Crippen LogP contribution in [0, 0.1) is 13.8 Å². The Labute approximate surface area is 619 Å². The monoisotopic (exact) mass is 1540 g/mol. The van der Waals surface area contributed by atoms with Gasteiger partial charge in [0.05, 0.1) is 104 Å². The van der Waals surface area contributed by atoms with E-state index in [9.17, 15) is 84.5 Å². The highest BCUT2D eigenvalue weighted by Crippen LogP contribution is 2.29. The van der Waals surface area contributed by atoms with Crippen LogP contribution in [0.25, 0.3) is 0 Å². The predicted octanol–water partition coefficient (Wildman–Crippen LogP) is 4.51. The van der Waals surface area contributed by atoms with Crippen LogP contribution in [-0.2, 0) is 76.4 Å². The van der Waals surface area contributed by atoms with Crippen molar-refractivity contribution in [2.75, 3.05) is 129 Å². The highest BCUT2D eigenvalue weighted by Gasteiger charge is 2.34. The fourth-order valence-electron chi connectivity index (χ4n) is 9.79. The Morgan fingerprint density at radius 3 is 1.04 bits per heavy atom. The minimum atomic E-state index is -5.04. The summed E-state index contributed by atoms with van der Waals surface area (Å²) >= 11 is 0. The second-order valence-electron chi connectivity index (χ2n) is 23.9. The lowest BCUT2D eigenvalue weighted by Crippen LogP contribution is -2.48. The van der Waals surface area contributed by atoms with Gasteiger partial charge in [0.25, 0.3) is 0 Å². The quantitative estimate of drug-likeness (QED) is 0.0214. The number of hydrogen-bond acceptors (Lipinski definition) is 22. The molecule has 0 saturated carbocycles. The van der Waals surface area contributed by atoms with E-state index >= 15 is 0 Å². The molecular weight excluding hydrogens is 1440 g/mol. The van der Waals surface area contributed by atoms with Crippen molar-refractivity contribution in [1.82, 2.24) is 52.5 Å². The van der Waals surface area contributed by atoms with Crippen LogP contribution in [0.4, 0.5) is 38.0 Å². The third kappa shape index (κ3) is 43.6. The van der Waals surface area contributed by atoms with Crippen LogP contribution in [0.2, 0.25) is 0 Å². The summed E-state index contributed by atoms with van der Waals surface area (Å²) in [6.45, 7) is 7.08. The van der Waals surface area contributed by atoms with Crippen molar-refractivity contribution in [3.63, 3.8) is 0 Å². The molecule has 108 heavy (non-hydrogen) atoms. The number of nitrogens with zero attached hydrogens (tertiary/aromatic N) is 2. The number of carbonyl (C=O) groups excluding carboxylic acids is 8. The summed E-state index contributed by atoms with van der Waals surface area (Å²) in [5.41, 5.74) is 1.90. The number of aliphatic carboxylic acids is 2. The molecule has 0 radical (unpaired) electrons. The Morgan fingerprint density at radius 2 is 0.722 bits per heavy atom. The summed E-state index contributed by atoms with van der Waals surface area (Å²) in [5.74, 6) is -7.46. The largest absolute Gasteiger partial charge is 0.573 e. The normalized spacial score (nSPS) is 12.4. The van der Waals surface area contributed by atoms with E-state index < -0.39 is 109 Å². The third-order valence-corrected chi connectivity index (χ3v) is 14.9. The molecule has 4 aromatic rings. The second-order valence-corrected chi connectivity index (χ2v) is 23.9. The van der Waals surface area contributed by atoms with Gasteiger partial charge in [-0.15, -0.1) is 26.3 Å². The minimum absolute atomic E-state index is 0.0182. The topological polar surface area (TPSA) is 431 Å². The average Bonchev–Trinajstić information content (AvgIpc) is 0.845. The van der Waals surface area contributed by atoms with Gasteiger partial charge in [0.15, 0.2) is 0 Å². The lowest BCUT2D eigenvalue weighted by Gasteiger charge is -2.23. The molecule has 8 amide bonds. The van der Waals surface area contributed by atoms with Crippen molar-refractivity contribution in [3.8, 4) is 11.5 Å². The molecule has 12 N–H and O–H groups in total. The van der Waals surface area contributed by atoms with Gasteiger partial charge in [-0.2, -0.15) is 0 Å². The van der Waals surface area contributed by atoms with Crippen LogP contribution in [-0.4, -0.2) is 223 Å². The highest BCUT2D eigenvalue weighted by atomic mass is 19.4. The van der Waals surface area contributed by atoms with Gasteiger partial charge in [-0.25, -0.2) is 9.97 Å². The van der Waals surface area contributed by atoms with E-state index in [1.54, 1.807) is 12.4 Å². The number of aryl methyl sites for hydroxylation is 2. The molecule has 0 aliphatic heterocycles. The maximum Gasteiger partial charge on any atom is 0.573 e. The summed E-state index contributed by atoms with van der Waals surface area (Å²) in [6, 6.07) is 10.8. The number of carbonyl (C=O) groups is 10. The number of carboxylic acids is 2. The van der Waals surface area contributed by atoms with Crippen LogP contribution in [0.5, 0.6) is 11.5 Å². The van der Waals surface area contributed by atoms with E-state index in [4.69, 9.17) is 28.4 Å². The number of benzene rings is 2. The van der Waals surface area contributed by atoms with Crippen molar-refractivity contribution in [1.29, 1.82) is 0 Å². The summed E-state index contributed by atoms with van der Waals surface area (Å²) in [7, 11) is 0. The smallest absolute Gasteiger partial charge is 0.481 e. The molecule has 0 saturated heterocycles. The molecule has 598 valence electrons. The molecule has 38 heteroatoms. The fourth-order valence-corrected chi connectivity index (χ4v) is 9.79. The standard InChI is InChI=1S/C70H96F6N12O20/c1-47-19-23-79-57(41-47)77-21-5-11-63(93)85-53(67(99)87-55(45-65(95)96)49-7-3-9-51(43-49)107-69(71,72)73)13-15-59(89)81-25-29-101-33-37-105-39-35-103-31-27-83-61(91)17-18-62(92)84-28-32-104-36-40-106-38-34-102-30-26-82-60(90)16-14-54(86-64(94)12-6-22-78-58-42-48(2)20-24-80-58)68(100)88-56(46-66(97)98)50-8-4-10-52(44-50)108-70(74,75)76/h3-4,7-10,19-20,23-24,41-44,53-56H,5-6,11-18,21-22,25-40,45-46H2,1-2H3,(H,77,79)(H,78,80)(H,81,89)(H,82,90)(H,83,91)(H,84,92)(H,85,93)(H,86,94)(H,87,99)(H,88,100)(H,95,96)(H,97,98)/t53-,54-,55?,56?/m0/s1. The van der Waals surface area contributed by atoms with Gasteiger partial charge in [-0.3, -0.25) is 47.9 Å². The number of nitrogens with one attached hydrogen (secondary N) is 10. The molecule has 2 heterocycles. The van der Waals surface area contributed by atoms with Crippen molar-refractivity contribution in [2.45, 2.75) is 128 Å². The van der Waals surface area contributed by atoms with Gasteiger partial charge in [-0.1, -0.05) is 24.3 Å². The van der Waals surface area contributed by atoms with E-state index in [0.717, 1.165) is 35.4 Å². The first-order chi connectivity index (χ1) is 51.6. The molecule has 32 nitrogen and oxygen atoms in total. The number of halogens is 6. The number of carboxylic acid groups (broad SMARTS) is 2. The summed E-state index contributed by atoms with van der Waals surface area (Å²) in [6.07, 6.45) is -8.86. The zero-order valence-corrected chi connectivity index (χ0v) is 60.0. The minimum Gasteiger partial charge on any atom is -0.481 e. The zero-order valence-electron chi connectivity index (χ0n) is 60.0. The molecule has 0 aliphatic rings. The molecule has 2 unspecified atom stereocenters. The SMILES string of the molecule is Cc1ccnc(NCCCC(=O)N[C@@H](CCC(=O)NCCOCCOCCOCCNC(=O)CCC(=O)NCCOCCOCCOCCNC(=O)CC[C@H](NC(=O)CCCNc2cc(C)ccn2)C(=O)NC(CC(=O)O)c2cccc(OC(F)(F)F)c2)C(=O)NC(CC(=O)O)c2cccc(OC(F)(F)F)c2)c1. The number of aromatic nitrogens is 2. The zero-order chi connectivity index (χ0) is 79.0. The Kier molecular flexibility index (Phi) is 42.9. The fraction of sp³-hybridized carbons (Fsp3) is 0.543. The van der Waals surface area contributed by atoms with Gasteiger partial charge < -0.3 is 101 Å². The summed E-state index contributed by atoms with van der Waals surface area (Å²) < 4.78 is 119. The molecule has 4 atom stereocenters. The van der Waals surface area contributed by atoms with Crippen molar-refractivity contribution in [3.05, 3.63) is 107 Å². The number of pyridine rings is 2. The van der Waals surface area contributed by atoms with Crippen LogP contribution < -0.4 is 62.6 Å². The number of anilines is 2. The number of amides is 8. The van der Waals surface area contributed by atoms with Gasteiger partial charge in [-0.05, 0) is 110 Å². The molecule has 0 fully saturated rings. The number of ether oxygens (including phenoxy) is 8. The Bertz CT molecular complexity index is 3220. The first-order valence-electron chi connectivity index (χ1n) is 34.8. The highest BCUT2D eigenvalue weighted by molar-refractivity contribution is 5.90. The molecule has 0 bridgehead atoms. The second kappa shape index (κ2) is 51.3. The van der Waals surface area contributed by atoms with Crippen LogP contribution in [0.15, 0.2) is 85.2 Å². The van der Waals surface area contributed by atoms with Crippen LogP contribution in [0.3, 0.4) is 0 Å².